The topological polar surface area (TPSA) is 25.4 Å². The largest absolute Gasteiger partial charge is 0.358 e. The zero-order valence-corrected chi connectivity index (χ0v) is 8.52. The Morgan fingerprint density at radius 3 is 3.21 bits per heavy atom. The Kier molecular flexibility index (Phi) is 3.11. The van der Waals surface area contributed by atoms with E-state index in [0.717, 1.165) is 18.5 Å². The minimum absolute atomic E-state index is 0.301. The summed E-state index contributed by atoms with van der Waals surface area (Å²) < 4.78 is 5.79. The molecule has 2 rings (SSSR count). The average molecular weight is 192 g/mol. The lowest BCUT2D eigenvalue weighted by Crippen LogP contribution is -2.27. The van der Waals surface area contributed by atoms with Gasteiger partial charge in [0.05, 0.1) is 6.61 Å². The second kappa shape index (κ2) is 4.53. The molecule has 1 fully saturated rings. The van der Waals surface area contributed by atoms with Gasteiger partial charge in [0.1, 0.15) is 6.23 Å². The van der Waals surface area contributed by atoms with Crippen LogP contribution in [0.1, 0.15) is 18.4 Å². The van der Waals surface area contributed by atoms with E-state index < -0.39 is 0 Å². The summed E-state index contributed by atoms with van der Waals surface area (Å²) >= 11 is 0. The van der Waals surface area contributed by atoms with Gasteiger partial charge in [-0.25, -0.2) is 0 Å². The van der Waals surface area contributed by atoms with Gasteiger partial charge in [-0.05, 0) is 31.5 Å². The molecule has 0 N–H and O–H groups in total. The summed E-state index contributed by atoms with van der Waals surface area (Å²) in [5.41, 5.74) is 1.15. The normalized spacial score (nSPS) is 22.8. The Morgan fingerprint density at radius 2 is 2.57 bits per heavy atom. The standard InChI is InChI=1S/C11H16N2O/c1-13-7-3-5-11(13)14-9-10-4-2-6-12-8-10/h2,4,6,8,11H,3,5,7,9H2,1H3. The summed E-state index contributed by atoms with van der Waals surface area (Å²) in [6, 6.07) is 3.99. The molecule has 14 heavy (non-hydrogen) atoms. The fourth-order valence-corrected chi connectivity index (χ4v) is 1.77. The van der Waals surface area contributed by atoms with E-state index in [4.69, 9.17) is 4.74 Å². The van der Waals surface area contributed by atoms with E-state index in [1.165, 1.54) is 6.42 Å². The first-order valence-electron chi connectivity index (χ1n) is 5.07. The van der Waals surface area contributed by atoms with Crippen molar-refractivity contribution in [1.29, 1.82) is 0 Å². The van der Waals surface area contributed by atoms with Crippen molar-refractivity contribution in [3.8, 4) is 0 Å². The second-order valence-corrected chi connectivity index (χ2v) is 3.75. The third-order valence-corrected chi connectivity index (χ3v) is 2.62. The van der Waals surface area contributed by atoms with Crippen molar-refractivity contribution < 1.29 is 4.74 Å². The van der Waals surface area contributed by atoms with Gasteiger partial charge in [0.2, 0.25) is 0 Å². The Morgan fingerprint density at radius 1 is 1.64 bits per heavy atom. The van der Waals surface area contributed by atoms with E-state index >= 15 is 0 Å². The molecule has 0 radical (unpaired) electrons. The zero-order valence-electron chi connectivity index (χ0n) is 8.52. The van der Waals surface area contributed by atoms with Crippen LogP contribution in [-0.4, -0.2) is 29.7 Å². The highest BCUT2D eigenvalue weighted by Crippen LogP contribution is 2.17. The molecule has 0 bridgehead atoms. The van der Waals surface area contributed by atoms with Crippen LogP contribution in [0.5, 0.6) is 0 Å². The summed E-state index contributed by atoms with van der Waals surface area (Å²) in [5, 5.41) is 0. The smallest absolute Gasteiger partial charge is 0.110 e. The van der Waals surface area contributed by atoms with E-state index in [1.807, 2.05) is 18.3 Å². The molecule has 1 unspecified atom stereocenters. The lowest BCUT2D eigenvalue weighted by Gasteiger charge is -2.19. The molecule has 1 aromatic heterocycles. The first kappa shape index (κ1) is 9.62. The van der Waals surface area contributed by atoms with Crippen LogP contribution >= 0.6 is 0 Å². The summed E-state index contributed by atoms with van der Waals surface area (Å²) in [5.74, 6) is 0. The zero-order chi connectivity index (χ0) is 9.80. The number of hydrogen-bond donors (Lipinski definition) is 0. The summed E-state index contributed by atoms with van der Waals surface area (Å²) in [7, 11) is 2.11. The lowest BCUT2D eigenvalue weighted by atomic mass is 10.3. The van der Waals surface area contributed by atoms with Crippen LogP contribution in [0.4, 0.5) is 0 Å². The third kappa shape index (κ3) is 2.30. The average Bonchev–Trinajstić information content (AvgIpc) is 2.63. The number of likely N-dealkylation sites (tertiary alicyclic amines) is 1. The van der Waals surface area contributed by atoms with Gasteiger partial charge < -0.3 is 4.74 Å². The molecule has 2 heterocycles. The van der Waals surface area contributed by atoms with Crippen molar-refractivity contribution in [2.45, 2.75) is 25.7 Å². The molecular formula is C11H16N2O. The van der Waals surface area contributed by atoms with Crippen LogP contribution in [0, 0.1) is 0 Å². The Bertz CT molecular complexity index is 276. The van der Waals surface area contributed by atoms with Gasteiger partial charge in [-0.1, -0.05) is 6.07 Å². The molecule has 1 saturated heterocycles. The molecule has 3 heteroatoms. The fourth-order valence-electron chi connectivity index (χ4n) is 1.77. The number of ether oxygens (including phenoxy) is 1. The van der Waals surface area contributed by atoms with Gasteiger partial charge in [-0.15, -0.1) is 0 Å². The molecular weight excluding hydrogens is 176 g/mol. The van der Waals surface area contributed by atoms with E-state index in [2.05, 4.69) is 16.9 Å². The van der Waals surface area contributed by atoms with Crippen LogP contribution in [0.15, 0.2) is 24.5 Å². The highest BCUT2D eigenvalue weighted by atomic mass is 16.5. The van der Waals surface area contributed by atoms with E-state index in [0.29, 0.717) is 12.8 Å². The van der Waals surface area contributed by atoms with Crippen molar-refractivity contribution in [1.82, 2.24) is 9.88 Å². The first-order chi connectivity index (χ1) is 6.86. The molecule has 0 aliphatic carbocycles. The lowest BCUT2D eigenvalue weighted by molar-refractivity contribution is -0.0338. The van der Waals surface area contributed by atoms with Gasteiger partial charge in [0.25, 0.3) is 0 Å². The molecule has 0 spiro atoms. The van der Waals surface area contributed by atoms with E-state index in [9.17, 15) is 0 Å². The molecule has 3 nitrogen and oxygen atoms in total. The van der Waals surface area contributed by atoms with Gasteiger partial charge in [0.15, 0.2) is 0 Å². The number of pyridine rings is 1. The maximum atomic E-state index is 5.79. The van der Waals surface area contributed by atoms with Crippen LogP contribution in [0.25, 0.3) is 0 Å². The first-order valence-corrected chi connectivity index (χ1v) is 5.07. The van der Waals surface area contributed by atoms with Gasteiger partial charge in [0, 0.05) is 18.9 Å². The molecule has 0 amide bonds. The molecule has 1 atom stereocenters. The van der Waals surface area contributed by atoms with Crippen LogP contribution in [-0.2, 0) is 11.3 Å². The number of hydrogen-bond acceptors (Lipinski definition) is 3. The molecule has 76 valence electrons. The van der Waals surface area contributed by atoms with Crippen LogP contribution in [0.2, 0.25) is 0 Å². The summed E-state index contributed by atoms with van der Waals surface area (Å²) in [6.07, 6.45) is 6.33. The Balaban J connectivity index is 1.82. The minimum atomic E-state index is 0.301. The van der Waals surface area contributed by atoms with Gasteiger partial charge in [-0.2, -0.15) is 0 Å². The number of rotatable bonds is 3. The SMILES string of the molecule is CN1CCCC1OCc1cccnc1. The maximum absolute atomic E-state index is 5.79. The molecule has 1 aliphatic rings. The maximum Gasteiger partial charge on any atom is 0.110 e. The second-order valence-electron chi connectivity index (χ2n) is 3.75. The van der Waals surface area contributed by atoms with Crippen molar-refractivity contribution in [3.63, 3.8) is 0 Å². The van der Waals surface area contributed by atoms with Crippen molar-refractivity contribution >= 4 is 0 Å². The predicted octanol–water partition coefficient (Wildman–Crippen LogP) is 1.65. The van der Waals surface area contributed by atoms with Gasteiger partial charge >= 0.3 is 0 Å². The number of nitrogens with zero attached hydrogens (tertiary/aromatic N) is 2. The highest BCUT2D eigenvalue weighted by molar-refractivity contribution is 5.06. The molecule has 0 aromatic carbocycles. The molecule has 1 aromatic rings. The quantitative estimate of drug-likeness (QED) is 0.728. The van der Waals surface area contributed by atoms with E-state index in [1.54, 1.807) is 6.20 Å². The Hall–Kier alpha value is -0.930. The van der Waals surface area contributed by atoms with Gasteiger partial charge in [-0.3, -0.25) is 9.88 Å². The third-order valence-electron chi connectivity index (χ3n) is 2.62. The van der Waals surface area contributed by atoms with Crippen LogP contribution < -0.4 is 0 Å². The predicted molar refractivity (Wildman–Crippen MR) is 54.7 cm³/mol. The van der Waals surface area contributed by atoms with E-state index in [-0.39, 0.29) is 0 Å². The minimum Gasteiger partial charge on any atom is -0.358 e. The highest BCUT2D eigenvalue weighted by Gasteiger charge is 2.20. The molecule has 1 aliphatic heterocycles. The van der Waals surface area contributed by atoms with Crippen molar-refractivity contribution in [2.24, 2.45) is 0 Å². The monoisotopic (exact) mass is 192 g/mol. The molecule has 0 saturated carbocycles. The van der Waals surface area contributed by atoms with Crippen molar-refractivity contribution in [3.05, 3.63) is 30.1 Å². The number of aromatic nitrogens is 1. The van der Waals surface area contributed by atoms with Crippen LogP contribution in [0.3, 0.4) is 0 Å². The fraction of sp³-hybridized carbons (Fsp3) is 0.545. The Labute approximate surface area is 84.7 Å². The summed E-state index contributed by atoms with van der Waals surface area (Å²) in [6.45, 7) is 1.82. The van der Waals surface area contributed by atoms with Crippen molar-refractivity contribution in [2.75, 3.05) is 13.6 Å². The summed E-state index contributed by atoms with van der Waals surface area (Å²) in [4.78, 5) is 6.32.